The minimum atomic E-state index is -0.00630. The van der Waals surface area contributed by atoms with Gasteiger partial charge in [-0.05, 0) is 28.6 Å². The third-order valence-corrected chi connectivity index (χ3v) is 5.37. The Bertz CT molecular complexity index is 1250. The standard InChI is InChI=1S/C22H19ClN4O/c1-27-19-10-14(15-6-2-4-13-5-3-7-18(23)21(13)15)8-9-16(19)17(12-28)20(27)11-26-22(24)25/h2-10,12H,11H2,1H3,(H4,24,25,26). The third-order valence-electron chi connectivity index (χ3n) is 5.06. The summed E-state index contributed by atoms with van der Waals surface area (Å²) in [6.07, 6.45) is 0.856. The highest BCUT2D eigenvalue weighted by Crippen LogP contribution is 2.36. The van der Waals surface area contributed by atoms with Gasteiger partial charge in [0.25, 0.3) is 0 Å². The number of benzene rings is 3. The summed E-state index contributed by atoms with van der Waals surface area (Å²) >= 11 is 6.49. The Hall–Kier alpha value is -3.31. The summed E-state index contributed by atoms with van der Waals surface area (Å²) in [6, 6.07) is 18.0. The van der Waals surface area contributed by atoms with E-state index in [0.717, 1.165) is 44.8 Å². The largest absolute Gasteiger partial charge is 0.370 e. The lowest BCUT2D eigenvalue weighted by atomic mass is 9.97. The van der Waals surface area contributed by atoms with Gasteiger partial charge in [0.05, 0.1) is 12.2 Å². The molecule has 0 fully saturated rings. The van der Waals surface area contributed by atoms with Crippen LogP contribution < -0.4 is 11.5 Å². The van der Waals surface area contributed by atoms with Crippen LogP contribution in [0.3, 0.4) is 0 Å². The second-order valence-corrected chi connectivity index (χ2v) is 7.06. The third kappa shape index (κ3) is 2.90. The lowest BCUT2D eigenvalue weighted by Crippen LogP contribution is -2.23. The molecule has 6 heteroatoms. The van der Waals surface area contributed by atoms with E-state index in [1.54, 1.807) is 0 Å². The summed E-state index contributed by atoms with van der Waals surface area (Å²) in [5.74, 6) is -0.00630. The van der Waals surface area contributed by atoms with Crippen molar-refractivity contribution in [2.24, 2.45) is 23.5 Å². The molecule has 4 aromatic rings. The van der Waals surface area contributed by atoms with Gasteiger partial charge in [-0.1, -0.05) is 54.1 Å². The molecule has 0 saturated carbocycles. The first kappa shape index (κ1) is 18.1. The summed E-state index contributed by atoms with van der Waals surface area (Å²) in [4.78, 5) is 15.8. The summed E-state index contributed by atoms with van der Waals surface area (Å²) in [5, 5.41) is 3.67. The van der Waals surface area contributed by atoms with E-state index < -0.39 is 0 Å². The van der Waals surface area contributed by atoms with E-state index in [4.69, 9.17) is 23.1 Å². The fraction of sp³-hybridized carbons (Fsp3) is 0.0909. The van der Waals surface area contributed by atoms with Crippen LogP contribution in [-0.2, 0) is 13.6 Å². The predicted molar refractivity (Wildman–Crippen MR) is 116 cm³/mol. The summed E-state index contributed by atoms with van der Waals surface area (Å²) in [7, 11) is 1.91. The van der Waals surface area contributed by atoms with Crippen molar-refractivity contribution < 1.29 is 4.79 Å². The zero-order valence-corrected chi connectivity index (χ0v) is 16.1. The molecule has 0 radical (unpaired) electrons. The number of aliphatic imine (C=N–C) groups is 1. The van der Waals surface area contributed by atoms with Gasteiger partial charge in [-0.3, -0.25) is 4.79 Å². The lowest BCUT2D eigenvalue weighted by molar-refractivity contribution is 0.112. The molecule has 4 rings (SSSR count). The maximum Gasteiger partial charge on any atom is 0.186 e. The SMILES string of the molecule is Cn1c(CN=C(N)N)c(C=O)c2ccc(-c3cccc4cccc(Cl)c34)cc21. The number of carbonyl (C=O) groups is 1. The van der Waals surface area contributed by atoms with Crippen molar-refractivity contribution in [3.05, 3.63) is 70.9 Å². The number of nitrogens with zero attached hydrogens (tertiary/aromatic N) is 2. The Morgan fingerprint density at radius 1 is 1.14 bits per heavy atom. The number of nitrogens with two attached hydrogens (primary N) is 2. The Labute approximate surface area is 167 Å². The molecule has 0 unspecified atom stereocenters. The molecule has 0 amide bonds. The van der Waals surface area contributed by atoms with Crippen molar-refractivity contribution in [3.63, 3.8) is 0 Å². The number of aromatic nitrogens is 1. The summed E-state index contributed by atoms with van der Waals surface area (Å²) in [6.45, 7) is 0.247. The molecule has 0 aliphatic carbocycles. The Morgan fingerprint density at radius 2 is 1.89 bits per heavy atom. The molecule has 140 valence electrons. The zero-order chi connectivity index (χ0) is 19.8. The van der Waals surface area contributed by atoms with Gasteiger partial charge in [0.2, 0.25) is 0 Å². The number of fused-ring (bicyclic) bond motifs is 2. The molecule has 0 aliphatic rings. The number of halogens is 1. The highest BCUT2D eigenvalue weighted by atomic mass is 35.5. The molecule has 0 bridgehead atoms. The van der Waals surface area contributed by atoms with Gasteiger partial charge in [0.1, 0.15) is 0 Å². The first-order chi connectivity index (χ1) is 13.5. The molecule has 0 spiro atoms. The van der Waals surface area contributed by atoms with Crippen molar-refractivity contribution in [1.82, 2.24) is 4.57 Å². The topological polar surface area (TPSA) is 86.4 Å². The molecule has 5 nitrogen and oxygen atoms in total. The van der Waals surface area contributed by atoms with Gasteiger partial charge < -0.3 is 16.0 Å². The van der Waals surface area contributed by atoms with E-state index in [0.29, 0.717) is 10.6 Å². The molecule has 1 heterocycles. The van der Waals surface area contributed by atoms with Gasteiger partial charge in [-0.25, -0.2) is 4.99 Å². The van der Waals surface area contributed by atoms with Crippen molar-refractivity contribution in [1.29, 1.82) is 0 Å². The van der Waals surface area contributed by atoms with E-state index in [2.05, 4.69) is 17.1 Å². The first-order valence-electron chi connectivity index (χ1n) is 8.80. The minimum Gasteiger partial charge on any atom is -0.370 e. The molecule has 0 atom stereocenters. The molecular formula is C22H19ClN4O. The number of aldehydes is 1. The molecule has 3 aromatic carbocycles. The van der Waals surface area contributed by atoms with E-state index in [9.17, 15) is 4.79 Å². The van der Waals surface area contributed by atoms with Crippen LogP contribution in [0.15, 0.2) is 59.6 Å². The second kappa shape index (κ2) is 7.02. The number of guanidine groups is 1. The number of rotatable bonds is 4. The van der Waals surface area contributed by atoms with Crippen molar-refractivity contribution in [3.8, 4) is 11.1 Å². The van der Waals surface area contributed by atoms with Gasteiger partial charge >= 0.3 is 0 Å². The minimum absolute atomic E-state index is 0.00630. The molecular weight excluding hydrogens is 372 g/mol. The van der Waals surface area contributed by atoms with Crippen LogP contribution >= 0.6 is 11.6 Å². The molecule has 0 saturated heterocycles. The highest BCUT2D eigenvalue weighted by Gasteiger charge is 2.16. The quantitative estimate of drug-likeness (QED) is 0.310. The van der Waals surface area contributed by atoms with Gasteiger partial charge in [-0.15, -0.1) is 0 Å². The normalized spacial score (nSPS) is 11.1. The van der Waals surface area contributed by atoms with Gasteiger partial charge in [0, 0.05) is 33.9 Å². The van der Waals surface area contributed by atoms with Gasteiger partial charge in [0.15, 0.2) is 12.2 Å². The van der Waals surface area contributed by atoms with E-state index in [1.165, 1.54) is 0 Å². The summed E-state index contributed by atoms with van der Waals surface area (Å²) < 4.78 is 1.96. The molecule has 4 N–H and O–H groups in total. The van der Waals surface area contributed by atoms with Gasteiger partial charge in [-0.2, -0.15) is 0 Å². The highest BCUT2D eigenvalue weighted by molar-refractivity contribution is 6.36. The zero-order valence-electron chi connectivity index (χ0n) is 15.3. The van der Waals surface area contributed by atoms with E-state index >= 15 is 0 Å². The number of aryl methyl sites for hydroxylation is 1. The van der Waals surface area contributed by atoms with E-state index in [1.807, 2.05) is 54.1 Å². The van der Waals surface area contributed by atoms with E-state index in [-0.39, 0.29) is 12.5 Å². The molecule has 1 aromatic heterocycles. The van der Waals surface area contributed by atoms with Crippen LogP contribution in [0.4, 0.5) is 0 Å². The Balaban J connectivity index is 1.96. The number of carbonyl (C=O) groups excluding carboxylic acids is 1. The molecule has 0 aliphatic heterocycles. The van der Waals surface area contributed by atoms with Crippen LogP contribution in [0, 0.1) is 0 Å². The Morgan fingerprint density at radius 3 is 2.61 bits per heavy atom. The van der Waals surface area contributed by atoms with Crippen molar-refractivity contribution in [2.45, 2.75) is 6.54 Å². The summed E-state index contributed by atoms with van der Waals surface area (Å²) in [5.41, 5.74) is 15.3. The average Bonchev–Trinajstić information content (AvgIpc) is 2.96. The maximum absolute atomic E-state index is 11.7. The second-order valence-electron chi connectivity index (χ2n) is 6.65. The Kier molecular flexibility index (Phi) is 4.53. The van der Waals surface area contributed by atoms with Crippen LogP contribution in [0.1, 0.15) is 16.1 Å². The van der Waals surface area contributed by atoms with Crippen LogP contribution in [0.2, 0.25) is 5.02 Å². The fourth-order valence-electron chi connectivity index (χ4n) is 3.71. The lowest BCUT2D eigenvalue weighted by Gasteiger charge is -2.09. The maximum atomic E-state index is 11.7. The number of hydrogen-bond acceptors (Lipinski definition) is 2. The van der Waals surface area contributed by atoms with Crippen LogP contribution in [0.5, 0.6) is 0 Å². The first-order valence-corrected chi connectivity index (χ1v) is 9.18. The average molecular weight is 391 g/mol. The van der Waals surface area contributed by atoms with Crippen LogP contribution in [0.25, 0.3) is 32.8 Å². The van der Waals surface area contributed by atoms with Crippen molar-refractivity contribution >= 4 is 45.5 Å². The fourth-order valence-corrected chi connectivity index (χ4v) is 3.99. The van der Waals surface area contributed by atoms with Crippen molar-refractivity contribution in [2.75, 3.05) is 0 Å². The number of hydrogen-bond donors (Lipinski definition) is 2. The predicted octanol–water partition coefficient (Wildman–Crippen LogP) is 4.24. The molecule has 28 heavy (non-hydrogen) atoms. The van der Waals surface area contributed by atoms with Crippen LogP contribution in [-0.4, -0.2) is 16.8 Å². The monoisotopic (exact) mass is 390 g/mol. The smallest absolute Gasteiger partial charge is 0.186 e.